The molecule has 0 aromatic rings. The predicted octanol–water partition coefficient (Wildman–Crippen LogP) is -0.416. The molecule has 4 heteroatoms. The van der Waals surface area contributed by atoms with Crippen LogP contribution in [0.1, 0.15) is 0 Å². The van der Waals surface area contributed by atoms with E-state index in [2.05, 4.69) is 0 Å². The summed E-state index contributed by atoms with van der Waals surface area (Å²) in [4.78, 5) is 0. The number of halogens is 2. The maximum Gasteiger partial charge on any atom is 0.187 e. The normalized spacial score (nSPS) is 0. The Bertz CT molecular complexity index is 8.00. The fourth-order valence-electron chi connectivity index (χ4n) is 0. The van der Waals surface area contributed by atoms with Gasteiger partial charge in [0.05, 0.1) is 0 Å². The maximum absolute atomic E-state index is 0. The molecule has 0 atom stereocenters. The van der Waals surface area contributed by atoms with E-state index in [9.17, 15) is 0 Å². The molecule has 1 radical (unpaired) electrons. The second kappa shape index (κ2) is 20.4. The molecule has 0 bridgehead atoms. The van der Waals surface area contributed by atoms with Crippen molar-refractivity contribution in [2.45, 2.75) is 0 Å². The van der Waals surface area contributed by atoms with E-state index in [1.165, 1.54) is 0 Å². The van der Waals surface area contributed by atoms with E-state index in [0.29, 0.717) is 0 Å². The van der Waals surface area contributed by atoms with Gasteiger partial charge in [-0.25, -0.2) is 0 Å². The fraction of sp³-hybridized carbons (Fsp3) is 0. The van der Waals surface area contributed by atoms with Gasteiger partial charge < -0.3 is 0 Å². The average molecular weight is 286 g/mol. The van der Waals surface area contributed by atoms with Gasteiger partial charge >= 0.3 is 0 Å². The van der Waals surface area contributed by atoms with Crippen molar-refractivity contribution in [2.24, 2.45) is 0 Å². The van der Waals surface area contributed by atoms with E-state index >= 15 is 0 Å². The Balaban J connectivity index is 0. The first-order valence-electron chi connectivity index (χ1n) is 0. The maximum atomic E-state index is 0. The Labute approximate surface area is 67.7 Å². The van der Waals surface area contributed by atoms with E-state index < -0.39 is 0 Å². The molecule has 0 amide bonds. The SMILES string of the molecule is F.I.[Ag].[AlH3]. The summed E-state index contributed by atoms with van der Waals surface area (Å²) in [6.45, 7) is 0. The first kappa shape index (κ1) is 38.6. The third-order valence-corrected chi connectivity index (χ3v) is 0. The average Bonchev–Trinajstić information content (AvgIpc) is 0. The molecule has 0 aromatic heterocycles. The number of hydrogen-bond donors (Lipinski definition) is 0. The van der Waals surface area contributed by atoms with Crippen molar-refractivity contribution >= 4 is 41.3 Å². The summed E-state index contributed by atoms with van der Waals surface area (Å²) in [7, 11) is 0. The van der Waals surface area contributed by atoms with Gasteiger partial charge in [0.15, 0.2) is 17.4 Å². The summed E-state index contributed by atoms with van der Waals surface area (Å²) in [6.07, 6.45) is 0. The Morgan fingerprint density at radius 2 is 1.00 bits per heavy atom. The van der Waals surface area contributed by atoms with Gasteiger partial charge in [-0.05, 0) is 0 Å². The smallest absolute Gasteiger partial charge is 0.187 e. The van der Waals surface area contributed by atoms with Gasteiger partial charge in [-0.2, -0.15) is 0 Å². The summed E-state index contributed by atoms with van der Waals surface area (Å²) in [5, 5.41) is 0. The molecule has 0 fully saturated rings. The van der Waals surface area contributed by atoms with Crippen molar-refractivity contribution in [3.63, 3.8) is 0 Å². The molecular weight excluding hydrogens is 281 g/mol. The Hall–Kier alpha value is 1.93. The largest absolute Gasteiger partial charge is 0.269 e. The first-order valence-corrected chi connectivity index (χ1v) is 0. The molecule has 0 saturated heterocycles. The third-order valence-electron chi connectivity index (χ3n) is 0. The second-order valence-electron chi connectivity index (χ2n) is 0. The third kappa shape index (κ3) is 9.06. The summed E-state index contributed by atoms with van der Waals surface area (Å²) in [5.74, 6) is 0. The molecule has 0 saturated carbocycles. The summed E-state index contributed by atoms with van der Waals surface area (Å²) in [5.41, 5.74) is 0. The van der Waals surface area contributed by atoms with Crippen LogP contribution in [0.5, 0.6) is 0 Å². The van der Waals surface area contributed by atoms with Crippen LogP contribution in [0.4, 0.5) is 4.70 Å². The molecule has 33 valence electrons. The van der Waals surface area contributed by atoms with Crippen LogP contribution >= 0.6 is 24.0 Å². The van der Waals surface area contributed by atoms with Crippen molar-refractivity contribution in [2.75, 3.05) is 0 Å². The van der Waals surface area contributed by atoms with Gasteiger partial charge in [-0.1, -0.05) is 0 Å². The summed E-state index contributed by atoms with van der Waals surface area (Å²) in [6, 6.07) is 0. The van der Waals surface area contributed by atoms with Crippen LogP contribution in [0, 0.1) is 0 Å². The minimum Gasteiger partial charge on any atom is -0.269 e. The molecule has 0 spiro atoms. The summed E-state index contributed by atoms with van der Waals surface area (Å²) >= 11 is 0. The molecule has 0 aliphatic carbocycles. The van der Waals surface area contributed by atoms with Gasteiger partial charge in [0.25, 0.3) is 0 Å². The van der Waals surface area contributed by atoms with Gasteiger partial charge in [-0.15, -0.1) is 24.0 Å². The minimum atomic E-state index is 0. The van der Waals surface area contributed by atoms with Crippen LogP contribution in [-0.2, 0) is 22.4 Å². The van der Waals surface area contributed by atoms with Crippen LogP contribution in [0.2, 0.25) is 0 Å². The molecular formula is H5AgAlFI. The van der Waals surface area contributed by atoms with Gasteiger partial charge in [-0.3, -0.25) is 4.70 Å². The van der Waals surface area contributed by atoms with E-state index in [4.69, 9.17) is 0 Å². The monoisotopic (exact) mass is 285 g/mol. The minimum absolute atomic E-state index is 0. The van der Waals surface area contributed by atoms with Crippen molar-refractivity contribution in [3.05, 3.63) is 0 Å². The Morgan fingerprint density at radius 3 is 1.00 bits per heavy atom. The fourth-order valence-corrected chi connectivity index (χ4v) is 0. The van der Waals surface area contributed by atoms with E-state index in [-0.39, 0.29) is 68.4 Å². The first-order chi connectivity index (χ1) is 0. The van der Waals surface area contributed by atoms with E-state index in [1.807, 2.05) is 0 Å². The zero-order valence-electron chi connectivity index (χ0n) is 1.12. The van der Waals surface area contributed by atoms with Crippen LogP contribution in [0.25, 0.3) is 0 Å². The number of rotatable bonds is 0. The second-order valence-corrected chi connectivity index (χ2v) is 0. The standard InChI is InChI=1S/Ag.Al.FH.HI.3H/h;;2*1H;;;. The molecule has 0 unspecified atom stereocenters. The number of hydrogen-bond acceptors (Lipinski definition) is 0. The molecule has 0 N–H and O–H groups in total. The molecule has 4 heavy (non-hydrogen) atoms. The molecule has 0 heterocycles. The molecule has 0 aliphatic heterocycles. The topological polar surface area (TPSA) is 0 Å². The molecule has 0 aromatic carbocycles. The van der Waals surface area contributed by atoms with E-state index in [0.717, 1.165) is 0 Å². The van der Waals surface area contributed by atoms with Crippen LogP contribution in [0.15, 0.2) is 0 Å². The molecule has 0 nitrogen and oxygen atoms in total. The van der Waals surface area contributed by atoms with Crippen LogP contribution < -0.4 is 0 Å². The quantitative estimate of drug-likeness (QED) is 0.419. The molecule has 0 rings (SSSR count). The van der Waals surface area contributed by atoms with Gasteiger partial charge in [0.2, 0.25) is 0 Å². The predicted molar refractivity (Wildman–Crippen MR) is 27.9 cm³/mol. The molecule has 0 aliphatic rings. The Morgan fingerprint density at radius 1 is 1.00 bits per heavy atom. The zero-order chi connectivity index (χ0) is 0. The zero-order valence-corrected chi connectivity index (χ0v) is 4.93. The van der Waals surface area contributed by atoms with Crippen molar-refractivity contribution in [1.29, 1.82) is 0 Å². The van der Waals surface area contributed by atoms with Crippen LogP contribution in [0.3, 0.4) is 0 Å². The summed E-state index contributed by atoms with van der Waals surface area (Å²) < 4.78 is 0. The Kier molecular flexibility index (Phi) is 197. The van der Waals surface area contributed by atoms with Crippen molar-refractivity contribution in [3.8, 4) is 0 Å². The van der Waals surface area contributed by atoms with Crippen molar-refractivity contribution in [1.82, 2.24) is 0 Å². The van der Waals surface area contributed by atoms with E-state index in [1.54, 1.807) is 0 Å². The van der Waals surface area contributed by atoms with Crippen molar-refractivity contribution < 1.29 is 27.1 Å². The van der Waals surface area contributed by atoms with Crippen LogP contribution in [-0.4, -0.2) is 17.4 Å². The van der Waals surface area contributed by atoms with Gasteiger partial charge in [0, 0.05) is 22.4 Å². The van der Waals surface area contributed by atoms with Gasteiger partial charge in [0.1, 0.15) is 0 Å².